The average Bonchev–Trinajstić information content (AvgIpc) is 3.21. The second-order valence-corrected chi connectivity index (χ2v) is 8.18. The Labute approximate surface area is 163 Å². The van der Waals surface area contributed by atoms with Gasteiger partial charge in [-0.1, -0.05) is 0 Å². The van der Waals surface area contributed by atoms with E-state index < -0.39 is 10.0 Å². The van der Waals surface area contributed by atoms with Crippen LogP contribution in [0.2, 0.25) is 0 Å². The Hall–Kier alpha value is -3.05. The molecule has 0 aliphatic carbocycles. The highest BCUT2D eigenvalue weighted by Crippen LogP contribution is 2.14. The highest BCUT2D eigenvalue weighted by Gasteiger charge is 2.16. The Balaban J connectivity index is 1.78. The Morgan fingerprint density at radius 2 is 1.57 bits per heavy atom. The first-order valence-electron chi connectivity index (χ1n) is 8.45. The molecule has 0 unspecified atom stereocenters. The molecule has 3 aromatic rings. The van der Waals surface area contributed by atoms with Gasteiger partial charge in [0.2, 0.25) is 21.9 Å². The molecular weight excluding hydrogens is 380 g/mol. The average molecular weight is 402 g/mol. The van der Waals surface area contributed by atoms with Crippen LogP contribution in [0.1, 0.15) is 5.82 Å². The fourth-order valence-electron chi connectivity index (χ4n) is 2.32. The maximum absolute atomic E-state index is 12.6. The first-order chi connectivity index (χ1) is 13.3. The predicted molar refractivity (Wildman–Crippen MR) is 106 cm³/mol. The molecule has 2 heterocycles. The van der Waals surface area contributed by atoms with Crippen molar-refractivity contribution >= 4 is 21.9 Å². The van der Waals surface area contributed by atoms with Crippen LogP contribution in [-0.2, 0) is 16.6 Å². The van der Waals surface area contributed by atoms with E-state index in [-0.39, 0.29) is 11.4 Å². The minimum atomic E-state index is -3.72. The van der Waals surface area contributed by atoms with Crippen LogP contribution in [-0.4, -0.2) is 61.3 Å². The Kier molecular flexibility index (Phi) is 5.56. The van der Waals surface area contributed by atoms with E-state index in [0.29, 0.717) is 17.7 Å². The fourth-order valence-corrected chi connectivity index (χ4v) is 3.30. The van der Waals surface area contributed by atoms with Crippen LogP contribution in [0.3, 0.4) is 0 Å². The molecule has 0 saturated carbocycles. The molecule has 0 aliphatic heterocycles. The molecule has 11 heteroatoms. The van der Waals surface area contributed by atoms with E-state index in [0.717, 1.165) is 5.69 Å². The van der Waals surface area contributed by atoms with Crippen molar-refractivity contribution < 1.29 is 8.42 Å². The molecule has 1 N–H and O–H groups in total. The minimum absolute atomic E-state index is 0.0482. The third kappa shape index (κ3) is 4.43. The predicted octanol–water partition coefficient (Wildman–Crippen LogP) is 0.668. The number of anilines is 2. The molecule has 0 saturated heterocycles. The highest BCUT2D eigenvalue weighted by molar-refractivity contribution is 7.89. The van der Waals surface area contributed by atoms with Crippen LogP contribution >= 0.6 is 0 Å². The summed E-state index contributed by atoms with van der Waals surface area (Å²) in [5.41, 5.74) is 0.771. The zero-order valence-corrected chi connectivity index (χ0v) is 16.9. The lowest BCUT2D eigenvalue weighted by atomic mass is 10.3. The molecule has 148 valence electrons. The molecule has 0 spiro atoms. The zero-order valence-electron chi connectivity index (χ0n) is 16.1. The normalized spacial score (nSPS) is 11.4. The summed E-state index contributed by atoms with van der Waals surface area (Å²) in [4.78, 5) is 16.5. The van der Waals surface area contributed by atoms with Crippen LogP contribution in [0.25, 0.3) is 5.69 Å². The molecule has 1 aromatic carbocycles. The molecule has 0 amide bonds. The summed E-state index contributed by atoms with van der Waals surface area (Å²) in [5.74, 6) is 1.24. The lowest BCUT2D eigenvalue weighted by Crippen LogP contribution is -2.26. The lowest BCUT2D eigenvalue weighted by molar-refractivity contribution is 0.579. The standard InChI is InChI=1S/C17H22N8O2S/c1-23(2)16-20-15(21-17(22-16)24(3)4)12-19-28(26,27)14-8-6-13(7-9-14)25-11-5-10-18-25/h5-11,19H,12H2,1-4H3. The summed E-state index contributed by atoms with van der Waals surface area (Å²) < 4.78 is 29.4. The zero-order chi connectivity index (χ0) is 20.3. The molecule has 28 heavy (non-hydrogen) atoms. The Bertz CT molecular complexity index is 1010. The number of rotatable bonds is 7. The summed E-state index contributed by atoms with van der Waals surface area (Å²) in [6.07, 6.45) is 3.44. The van der Waals surface area contributed by atoms with Crippen molar-refractivity contribution in [3.63, 3.8) is 0 Å². The molecule has 3 rings (SSSR count). The molecule has 0 atom stereocenters. The van der Waals surface area contributed by atoms with E-state index >= 15 is 0 Å². The molecule has 0 fully saturated rings. The molecule has 0 aliphatic rings. The van der Waals surface area contributed by atoms with E-state index in [9.17, 15) is 8.42 Å². The fraction of sp³-hybridized carbons (Fsp3) is 0.294. The van der Waals surface area contributed by atoms with Crippen molar-refractivity contribution in [2.24, 2.45) is 0 Å². The SMILES string of the molecule is CN(C)c1nc(CNS(=O)(=O)c2ccc(-n3cccn3)cc2)nc(N(C)C)n1. The molecule has 0 bridgehead atoms. The lowest BCUT2D eigenvalue weighted by Gasteiger charge is -2.16. The number of sulfonamides is 1. The number of hydrogen-bond acceptors (Lipinski definition) is 8. The third-order valence-electron chi connectivity index (χ3n) is 3.79. The van der Waals surface area contributed by atoms with Gasteiger partial charge >= 0.3 is 0 Å². The van der Waals surface area contributed by atoms with Gasteiger partial charge in [-0.2, -0.15) is 20.1 Å². The summed E-state index contributed by atoms with van der Waals surface area (Å²) in [7, 11) is 3.52. The van der Waals surface area contributed by atoms with Gasteiger partial charge in [0.1, 0.15) is 0 Å². The first-order valence-corrected chi connectivity index (χ1v) is 9.94. The first kappa shape index (κ1) is 19.7. The van der Waals surface area contributed by atoms with E-state index in [1.807, 2.05) is 28.2 Å². The van der Waals surface area contributed by atoms with E-state index in [1.165, 1.54) is 12.1 Å². The smallest absolute Gasteiger partial charge is 0.240 e. The van der Waals surface area contributed by atoms with E-state index in [1.54, 1.807) is 45.1 Å². The van der Waals surface area contributed by atoms with Gasteiger partial charge in [0, 0.05) is 40.6 Å². The number of aromatic nitrogens is 5. The summed E-state index contributed by atoms with van der Waals surface area (Å²) in [5, 5.41) is 4.12. The van der Waals surface area contributed by atoms with Gasteiger partial charge in [-0.05, 0) is 30.3 Å². The summed E-state index contributed by atoms with van der Waals surface area (Å²) in [6.45, 7) is -0.0482. The number of hydrogen-bond donors (Lipinski definition) is 1. The van der Waals surface area contributed by atoms with Gasteiger partial charge in [-0.15, -0.1) is 0 Å². The van der Waals surface area contributed by atoms with Gasteiger partial charge in [-0.3, -0.25) is 0 Å². The monoisotopic (exact) mass is 402 g/mol. The molecule has 0 radical (unpaired) electrons. The van der Waals surface area contributed by atoms with Crippen molar-refractivity contribution in [3.05, 3.63) is 48.5 Å². The van der Waals surface area contributed by atoms with Gasteiger partial charge in [0.05, 0.1) is 17.1 Å². The van der Waals surface area contributed by atoms with E-state index in [4.69, 9.17) is 0 Å². The van der Waals surface area contributed by atoms with Gasteiger partial charge in [0.25, 0.3) is 0 Å². The maximum atomic E-state index is 12.6. The molecule has 10 nitrogen and oxygen atoms in total. The second kappa shape index (κ2) is 7.90. The number of nitrogens with zero attached hydrogens (tertiary/aromatic N) is 7. The van der Waals surface area contributed by atoms with Crippen LogP contribution < -0.4 is 14.5 Å². The molecular formula is C17H22N8O2S. The summed E-state index contributed by atoms with van der Waals surface area (Å²) in [6, 6.07) is 8.25. The number of benzene rings is 1. The largest absolute Gasteiger partial charge is 0.347 e. The van der Waals surface area contributed by atoms with E-state index in [2.05, 4.69) is 24.8 Å². The van der Waals surface area contributed by atoms with Crippen molar-refractivity contribution in [1.82, 2.24) is 29.5 Å². The van der Waals surface area contributed by atoms with Crippen molar-refractivity contribution in [1.29, 1.82) is 0 Å². The Morgan fingerprint density at radius 3 is 2.07 bits per heavy atom. The quantitative estimate of drug-likeness (QED) is 0.614. The van der Waals surface area contributed by atoms with Gasteiger partial charge in [0.15, 0.2) is 5.82 Å². The highest BCUT2D eigenvalue weighted by atomic mass is 32.2. The summed E-state index contributed by atoms with van der Waals surface area (Å²) >= 11 is 0. The van der Waals surface area contributed by atoms with Gasteiger partial charge in [-0.25, -0.2) is 17.8 Å². The maximum Gasteiger partial charge on any atom is 0.240 e. The topological polar surface area (TPSA) is 109 Å². The van der Waals surface area contributed by atoms with Crippen molar-refractivity contribution in [2.45, 2.75) is 11.4 Å². The van der Waals surface area contributed by atoms with Crippen LogP contribution in [0.4, 0.5) is 11.9 Å². The minimum Gasteiger partial charge on any atom is -0.347 e. The van der Waals surface area contributed by atoms with Gasteiger partial charge < -0.3 is 9.80 Å². The van der Waals surface area contributed by atoms with Crippen molar-refractivity contribution in [2.75, 3.05) is 38.0 Å². The van der Waals surface area contributed by atoms with Crippen LogP contribution in [0.5, 0.6) is 0 Å². The van der Waals surface area contributed by atoms with Crippen molar-refractivity contribution in [3.8, 4) is 5.69 Å². The number of nitrogens with one attached hydrogen (secondary N) is 1. The third-order valence-corrected chi connectivity index (χ3v) is 5.21. The van der Waals surface area contributed by atoms with Crippen LogP contribution in [0, 0.1) is 0 Å². The second-order valence-electron chi connectivity index (χ2n) is 6.41. The Morgan fingerprint density at radius 1 is 0.964 bits per heavy atom. The van der Waals surface area contributed by atoms with Crippen LogP contribution in [0.15, 0.2) is 47.6 Å². The molecule has 2 aromatic heterocycles.